The van der Waals surface area contributed by atoms with E-state index in [0.717, 1.165) is 11.1 Å². The van der Waals surface area contributed by atoms with Crippen LogP contribution in [0.4, 0.5) is 5.95 Å². The number of rotatable bonds is 2. The molecule has 0 spiro atoms. The Hall–Kier alpha value is -2.70. The van der Waals surface area contributed by atoms with Crippen LogP contribution in [0.25, 0.3) is 0 Å². The Bertz CT molecular complexity index is 659. The highest BCUT2D eigenvalue weighted by molar-refractivity contribution is 5.88. The van der Waals surface area contributed by atoms with Gasteiger partial charge < -0.3 is 15.2 Å². The molecule has 0 saturated heterocycles. The van der Waals surface area contributed by atoms with E-state index in [9.17, 15) is 9.90 Å². The topological polar surface area (TPSA) is 95.8 Å². The number of carboxylic acids is 1. The lowest BCUT2D eigenvalue weighted by Crippen LogP contribution is -2.32. The number of carbonyl (C=O) groups excluding carboxylic acids is 1. The zero-order valence-electron chi connectivity index (χ0n) is 10.1. The number of hydrogen-bond donors (Lipinski definition) is 1. The Morgan fingerprint density at radius 3 is 2.79 bits per heavy atom. The van der Waals surface area contributed by atoms with Gasteiger partial charge in [-0.2, -0.15) is 4.68 Å². The van der Waals surface area contributed by atoms with Crippen molar-refractivity contribution in [3.8, 4) is 0 Å². The van der Waals surface area contributed by atoms with Gasteiger partial charge in [0, 0.05) is 0 Å². The fourth-order valence-corrected chi connectivity index (χ4v) is 1.97. The molecule has 0 amide bonds. The maximum absolute atomic E-state index is 11.0. The third-order valence-electron chi connectivity index (χ3n) is 2.97. The van der Waals surface area contributed by atoms with Crippen LogP contribution >= 0.6 is 0 Å². The summed E-state index contributed by atoms with van der Waals surface area (Å²) in [5.41, 5.74) is 1.99. The fourth-order valence-electron chi connectivity index (χ4n) is 1.97. The van der Waals surface area contributed by atoms with Crippen LogP contribution in [0, 0.1) is 6.92 Å². The molecule has 2 heterocycles. The zero-order chi connectivity index (χ0) is 13.4. The van der Waals surface area contributed by atoms with Gasteiger partial charge in [0.15, 0.2) is 0 Å². The molecular formula is C12H10N5O2-. The van der Waals surface area contributed by atoms with Crippen molar-refractivity contribution < 1.29 is 9.90 Å². The Morgan fingerprint density at radius 2 is 2.11 bits per heavy atom. The Balaban J connectivity index is 2.09. The van der Waals surface area contributed by atoms with Crippen molar-refractivity contribution in [2.24, 2.45) is 0 Å². The molecule has 7 heteroatoms. The number of hydrogen-bond acceptors (Lipinski definition) is 6. The summed E-state index contributed by atoms with van der Waals surface area (Å²) in [7, 11) is 0. The number of tetrazole rings is 1. The highest BCUT2D eigenvalue weighted by atomic mass is 16.4. The number of aryl methyl sites for hydroxylation is 1. The van der Waals surface area contributed by atoms with Crippen LogP contribution in [0.2, 0.25) is 0 Å². The molecule has 3 rings (SSSR count). The second-order valence-corrected chi connectivity index (χ2v) is 4.30. The van der Waals surface area contributed by atoms with E-state index in [-0.39, 0.29) is 17.7 Å². The highest BCUT2D eigenvalue weighted by Gasteiger charge is 2.23. The Morgan fingerprint density at radius 1 is 1.37 bits per heavy atom. The largest absolute Gasteiger partial charge is 0.543 e. The molecule has 1 aliphatic rings. The van der Waals surface area contributed by atoms with Gasteiger partial charge in [-0.1, -0.05) is 34.9 Å². The number of anilines is 1. The summed E-state index contributed by atoms with van der Waals surface area (Å²) in [4.78, 5) is 11.0. The molecule has 1 N–H and O–H groups in total. The van der Waals surface area contributed by atoms with E-state index in [1.54, 1.807) is 0 Å². The molecule has 96 valence electrons. The number of carbonyl (C=O) groups is 1. The van der Waals surface area contributed by atoms with Gasteiger partial charge in [0.05, 0.1) is 11.7 Å². The predicted octanol–water partition coefficient (Wildman–Crippen LogP) is -0.370. The van der Waals surface area contributed by atoms with E-state index >= 15 is 0 Å². The van der Waals surface area contributed by atoms with Crippen molar-refractivity contribution >= 4 is 11.9 Å². The Labute approximate surface area is 108 Å². The molecule has 0 aliphatic carbocycles. The van der Waals surface area contributed by atoms with Gasteiger partial charge in [-0.25, -0.2) is 0 Å². The molecule has 0 saturated carbocycles. The first-order chi connectivity index (χ1) is 9.15. The maximum atomic E-state index is 11.0. The number of aliphatic carboxylic acids is 1. The minimum absolute atomic E-state index is 0.0344. The normalized spacial score (nSPS) is 17.3. The van der Waals surface area contributed by atoms with Gasteiger partial charge >= 0.3 is 0 Å². The van der Waals surface area contributed by atoms with Gasteiger partial charge in [-0.05, 0) is 29.0 Å². The molecule has 1 aromatic heterocycles. The number of benzene rings is 1. The highest BCUT2D eigenvalue weighted by Crippen LogP contribution is 2.27. The molecule has 0 bridgehead atoms. The summed E-state index contributed by atoms with van der Waals surface area (Å²) < 4.78 is 1.52. The summed E-state index contributed by atoms with van der Waals surface area (Å²) in [5.74, 6) is -1.00. The first kappa shape index (κ1) is 11.4. The third kappa shape index (κ3) is 1.95. The summed E-state index contributed by atoms with van der Waals surface area (Å²) in [5, 5.41) is 24.8. The summed E-state index contributed by atoms with van der Waals surface area (Å²) in [6.07, 6.45) is 1.53. The lowest BCUT2D eigenvalue weighted by molar-refractivity contribution is -0.299. The van der Waals surface area contributed by atoms with Crippen molar-refractivity contribution in [1.82, 2.24) is 20.2 Å². The molecule has 1 aromatic carbocycles. The van der Waals surface area contributed by atoms with Crippen LogP contribution < -0.4 is 10.4 Å². The molecule has 0 unspecified atom stereocenters. The number of fused-ring (bicyclic) bond motifs is 1. The van der Waals surface area contributed by atoms with Crippen molar-refractivity contribution in [1.29, 1.82) is 0 Å². The minimum Gasteiger partial charge on any atom is -0.543 e. The lowest BCUT2D eigenvalue weighted by atomic mass is 10.0. The molecule has 7 nitrogen and oxygen atoms in total. The van der Waals surface area contributed by atoms with E-state index in [1.807, 2.05) is 31.2 Å². The second kappa shape index (κ2) is 4.20. The summed E-state index contributed by atoms with van der Waals surface area (Å²) in [6, 6.07) is 7.38. The summed E-state index contributed by atoms with van der Waals surface area (Å²) in [6.45, 7) is 1.98. The van der Waals surface area contributed by atoms with E-state index in [1.165, 1.54) is 10.8 Å². The molecule has 2 aromatic rings. The van der Waals surface area contributed by atoms with Crippen LogP contribution in [-0.2, 0) is 4.79 Å². The van der Waals surface area contributed by atoms with E-state index in [2.05, 4.69) is 20.8 Å². The molecule has 1 aliphatic heterocycles. The molecule has 0 fully saturated rings. The van der Waals surface area contributed by atoms with Gasteiger partial charge in [-0.15, -0.1) is 0 Å². The quantitative estimate of drug-likeness (QED) is 0.787. The number of nitrogens with zero attached hydrogens (tertiary/aromatic N) is 4. The lowest BCUT2D eigenvalue weighted by Gasteiger charge is -2.23. The van der Waals surface area contributed by atoms with E-state index < -0.39 is 5.97 Å². The van der Waals surface area contributed by atoms with Crippen LogP contribution in [0.5, 0.6) is 0 Å². The molecule has 1 atom stereocenters. The van der Waals surface area contributed by atoms with Crippen LogP contribution in [0.3, 0.4) is 0 Å². The van der Waals surface area contributed by atoms with Crippen molar-refractivity contribution in [3.05, 3.63) is 47.2 Å². The number of aromatic nitrogens is 4. The SMILES string of the molecule is Cc1ccc([C@@H]2C=C(C(=O)[O-])Nc3nnnn32)cc1. The van der Waals surface area contributed by atoms with E-state index in [4.69, 9.17) is 0 Å². The van der Waals surface area contributed by atoms with Gasteiger partial charge in [0.1, 0.15) is 6.04 Å². The molecule has 19 heavy (non-hydrogen) atoms. The zero-order valence-corrected chi connectivity index (χ0v) is 10.1. The minimum atomic E-state index is -1.29. The van der Waals surface area contributed by atoms with Crippen molar-refractivity contribution in [3.63, 3.8) is 0 Å². The van der Waals surface area contributed by atoms with Gasteiger partial charge in [-0.3, -0.25) is 0 Å². The average Bonchev–Trinajstić information content (AvgIpc) is 2.86. The second-order valence-electron chi connectivity index (χ2n) is 4.30. The smallest absolute Gasteiger partial charge is 0.248 e. The van der Waals surface area contributed by atoms with Crippen LogP contribution in [-0.4, -0.2) is 26.2 Å². The fraction of sp³-hybridized carbons (Fsp3) is 0.167. The monoisotopic (exact) mass is 256 g/mol. The van der Waals surface area contributed by atoms with Crippen molar-refractivity contribution in [2.45, 2.75) is 13.0 Å². The van der Waals surface area contributed by atoms with Crippen LogP contribution in [0.1, 0.15) is 17.2 Å². The first-order valence-electron chi connectivity index (χ1n) is 5.70. The number of nitrogens with one attached hydrogen (secondary N) is 1. The first-order valence-corrected chi connectivity index (χ1v) is 5.70. The van der Waals surface area contributed by atoms with Gasteiger partial charge in [0.25, 0.3) is 0 Å². The van der Waals surface area contributed by atoms with Gasteiger partial charge in [0.2, 0.25) is 5.95 Å². The molecule has 0 radical (unpaired) electrons. The molecular weight excluding hydrogens is 246 g/mol. The number of carboxylic acid groups (broad SMARTS) is 1. The standard InChI is InChI=1S/C12H11N5O2/c1-7-2-4-8(5-3-7)10-6-9(11(18)19)13-12-14-15-16-17(10)12/h2-6,10H,1H3,(H,18,19)(H,13,14,16)/p-1/t10-/m0/s1. The maximum Gasteiger partial charge on any atom is 0.248 e. The van der Waals surface area contributed by atoms with Crippen LogP contribution in [0.15, 0.2) is 36.0 Å². The van der Waals surface area contributed by atoms with E-state index in [0.29, 0.717) is 0 Å². The third-order valence-corrected chi connectivity index (χ3v) is 2.97. The number of allylic oxidation sites excluding steroid dienone is 1. The average molecular weight is 256 g/mol. The van der Waals surface area contributed by atoms with Crippen molar-refractivity contribution in [2.75, 3.05) is 5.32 Å². The summed E-state index contributed by atoms with van der Waals surface area (Å²) >= 11 is 0. The predicted molar refractivity (Wildman–Crippen MR) is 63.8 cm³/mol. The Kier molecular flexibility index (Phi) is 2.52.